The second-order valence-corrected chi connectivity index (χ2v) is 3.58. The predicted molar refractivity (Wildman–Crippen MR) is 54.4 cm³/mol. The van der Waals surface area contributed by atoms with Crippen LogP contribution >= 0.6 is 15.9 Å². The molecule has 1 aliphatic heterocycles. The van der Waals surface area contributed by atoms with Gasteiger partial charge in [-0.05, 0) is 25.7 Å². The quantitative estimate of drug-likeness (QED) is 0.524. The molecule has 1 rings (SSSR count). The van der Waals surface area contributed by atoms with Gasteiger partial charge in [-0.2, -0.15) is 0 Å². The first-order valence-electron chi connectivity index (χ1n) is 4.57. The second kappa shape index (κ2) is 6.51. The van der Waals surface area contributed by atoms with Crippen molar-refractivity contribution in [2.24, 2.45) is 0 Å². The fourth-order valence-corrected chi connectivity index (χ4v) is 1.60. The van der Waals surface area contributed by atoms with E-state index in [1.54, 1.807) is 0 Å². The van der Waals surface area contributed by atoms with Crippen LogP contribution in [-0.2, 0) is 4.74 Å². The van der Waals surface area contributed by atoms with Crippen molar-refractivity contribution < 1.29 is 4.74 Å². The van der Waals surface area contributed by atoms with Gasteiger partial charge in [-0.3, -0.25) is 0 Å². The molecule has 1 atom stereocenters. The van der Waals surface area contributed by atoms with Crippen LogP contribution in [0.4, 0.5) is 0 Å². The van der Waals surface area contributed by atoms with Gasteiger partial charge in [0, 0.05) is 13.0 Å². The molecule has 1 heterocycles. The van der Waals surface area contributed by atoms with Crippen LogP contribution in [0.1, 0.15) is 32.1 Å². The van der Waals surface area contributed by atoms with Crippen LogP contribution in [0.2, 0.25) is 0 Å². The van der Waals surface area contributed by atoms with E-state index in [-0.39, 0.29) is 0 Å². The van der Waals surface area contributed by atoms with Crippen molar-refractivity contribution >= 4 is 15.9 Å². The molecule has 12 heavy (non-hydrogen) atoms. The lowest BCUT2D eigenvalue weighted by atomic mass is 10.1. The molecular weight excluding hydrogens is 216 g/mol. The van der Waals surface area contributed by atoms with E-state index >= 15 is 0 Å². The topological polar surface area (TPSA) is 9.23 Å². The van der Waals surface area contributed by atoms with Gasteiger partial charge in [0.1, 0.15) is 0 Å². The molecule has 1 nitrogen and oxygen atoms in total. The summed E-state index contributed by atoms with van der Waals surface area (Å²) in [6, 6.07) is 0. The minimum Gasteiger partial charge on any atom is -0.378 e. The summed E-state index contributed by atoms with van der Waals surface area (Å²) in [6.07, 6.45) is 6.38. The molecule has 1 fully saturated rings. The van der Waals surface area contributed by atoms with Gasteiger partial charge in [-0.1, -0.05) is 21.9 Å². The van der Waals surface area contributed by atoms with Gasteiger partial charge in [-0.25, -0.2) is 0 Å². The first-order valence-corrected chi connectivity index (χ1v) is 5.69. The number of halogens is 1. The Hall–Kier alpha value is 0.00000000000000000694. The van der Waals surface area contributed by atoms with Crippen molar-refractivity contribution in [1.29, 1.82) is 0 Å². The number of alkyl halides is 1. The van der Waals surface area contributed by atoms with Crippen LogP contribution < -0.4 is 0 Å². The fourth-order valence-electron chi connectivity index (χ4n) is 1.40. The van der Waals surface area contributed by atoms with Crippen LogP contribution in [0.25, 0.3) is 0 Å². The third kappa shape index (κ3) is 4.13. The molecule has 0 N–H and O–H groups in total. The zero-order valence-corrected chi connectivity index (χ0v) is 8.90. The van der Waals surface area contributed by atoms with Crippen molar-refractivity contribution in [3.63, 3.8) is 0 Å². The molecule has 68 valence electrons. The summed E-state index contributed by atoms with van der Waals surface area (Å²) in [5.41, 5.74) is 0. The van der Waals surface area contributed by atoms with E-state index < -0.39 is 0 Å². The van der Waals surface area contributed by atoms with Gasteiger partial charge in [0.2, 0.25) is 0 Å². The lowest BCUT2D eigenvalue weighted by Gasteiger charge is -2.21. The molecule has 0 saturated carbocycles. The summed E-state index contributed by atoms with van der Waals surface area (Å²) in [7, 11) is 0. The lowest BCUT2D eigenvalue weighted by Crippen LogP contribution is -2.18. The van der Waals surface area contributed by atoms with E-state index in [1.165, 1.54) is 19.3 Å². The van der Waals surface area contributed by atoms with E-state index in [0.29, 0.717) is 6.10 Å². The maximum absolute atomic E-state index is 5.58. The second-order valence-electron chi connectivity index (χ2n) is 3.01. The molecule has 0 aromatic heterocycles. The van der Waals surface area contributed by atoms with Crippen LogP contribution in [0.3, 0.4) is 0 Å². The largest absolute Gasteiger partial charge is 0.378 e. The molecule has 0 aromatic carbocycles. The number of rotatable bonds is 2. The Morgan fingerprint density at radius 1 is 1.33 bits per heavy atom. The summed E-state index contributed by atoms with van der Waals surface area (Å²) in [6.45, 7) is 0.955. The molecule has 0 bridgehead atoms. The Morgan fingerprint density at radius 3 is 2.92 bits per heavy atom. The summed E-state index contributed by atoms with van der Waals surface area (Å²) >= 11 is 3.27. The molecule has 0 aromatic rings. The average molecular weight is 231 g/mol. The third-order valence-electron chi connectivity index (χ3n) is 2.06. The number of hydrogen-bond donors (Lipinski definition) is 0. The van der Waals surface area contributed by atoms with Crippen molar-refractivity contribution in [3.8, 4) is 11.8 Å². The van der Waals surface area contributed by atoms with Gasteiger partial charge < -0.3 is 4.74 Å². The molecule has 0 spiro atoms. The SMILES string of the molecule is BrCC#CCCC1CCCCO1. The molecule has 1 unspecified atom stereocenters. The summed E-state index contributed by atoms with van der Waals surface area (Å²) in [5.74, 6) is 6.10. The zero-order valence-electron chi connectivity index (χ0n) is 7.31. The summed E-state index contributed by atoms with van der Waals surface area (Å²) < 4.78 is 5.58. The summed E-state index contributed by atoms with van der Waals surface area (Å²) in [5, 5.41) is 0.790. The van der Waals surface area contributed by atoms with Gasteiger partial charge >= 0.3 is 0 Å². The van der Waals surface area contributed by atoms with Crippen LogP contribution in [-0.4, -0.2) is 18.0 Å². The Balaban J connectivity index is 2.05. The molecule has 1 aliphatic rings. The third-order valence-corrected chi connectivity index (χ3v) is 2.34. The maximum Gasteiger partial charge on any atom is 0.0645 e. The van der Waals surface area contributed by atoms with Gasteiger partial charge in [0.25, 0.3) is 0 Å². The van der Waals surface area contributed by atoms with E-state index in [9.17, 15) is 0 Å². The van der Waals surface area contributed by atoms with Crippen molar-refractivity contribution in [2.75, 3.05) is 11.9 Å². The first kappa shape index (κ1) is 10.1. The highest BCUT2D eigenvalue weighted by Gasteiger charge is 2.11. The van der Waals surface area contributed by atoms with E-state index in [2.05, 4.69) is 27.8 Å². The highest BCUT2D eigenvalue weighted by Crippen LogP contribution is 2.16. The predicted octanol–water partition coefficient (Wildman–Crippen LogP) is 2.73. The Labute approximate surface area is 83.0 Å². The van der Waals surface area contributed by atoms with Crippen molar-refractivity contribution in [2.45, 2.75) is 38.2 Å². The smallest absolute Gasteiger partial charge is 0.0645 e. The number of hydrogen-bond acceptors (Lipinski definition) is 1. The standard InChI is InChI=1S/C10H15BrO/c11-8-4-1-2-6-10-7-3-5-9-12-10/h10H,2-3,5-9H2. The Morgan fingerprint density at radius 2 is 2.25 bits per heavy atom. The Bertz CT molecular complexity index is 162. The summed E-state index contributed by atoms with van der Waals surface area (Å²) in [4.78, 5) is 0. The molecule has 0 amide bonds. The van der Waals surface area contributed by atoms with Crippen molar-refractivity contribution in [3.05, 3.63) is 0 Å². The molecule has 0 aliphatic carbocycles. The zero-order chi connectivity index (χ0) is 8.65. The first-order chi connectivity index (χ1) is 5.93. The highest BCUT2D eigenvalue weighted by atomic mass is 79.9. The van der Waals surface area contributed by atoms with Gasteiger partial charge in [-0.15, -0.1) is 5.92 Å². The minimum absolute atomic E-state index is 0.489. The number of ether oxygens (including phenoxy) is 1. The van der Waals surface area contributed by atoms with Gasteiger partial charge in [0.15, 0.2) is 0 Å². The molecule has 0 radical (unpaired) electrons. The molecule has 1 saturated heterocycles. The monoisotopic (exact) mass is 230 g/mol. The van der Waals surface area contributed by atoms with Crippen LogP contribution in [0.5, 0.6) is 0 Å². The van der Waals surface area contributed by atoms with E-state index in [1.807, 2.05) is 0 Å². The highest BCUT2D eigenvalue weighted by molar-refractivity contribution is 9.09. The molecular formula is C10H15BrO. The molecule has 2 heteroatoms. The fraction of sp³-hybridized carbons (Fsp3) is 0.800. The normalized spacial score (nSPS) is 22.9. The van der Waals surface area contributed by atoms with E-state index in [0.717, 1.165) is 24.8 Å². The average Bonchev–Trinajstić information content (AvgIpc) is 2.14. The maximum atomic E-state index is 5.58. The Kier molecular flexibility index (Phi) is 5.47. The van der Waals surface area contributed by atoms with E-state index in [4.69, 9.17) is 4.74 Å². The minimum atomic E-state index is 0.489. The van der Waals surface area contributed by atoms with Crippen LogP contribution in [0.15, 0.2) is 0 Å². The van der Waals surface area contributed by atoms with Crippen molar-refractivity contribution in [1.82, 2.24) is 0 Å². The lowest BCUT2D eigenvalue weighted by molar-refractivity contribution is 0.0122. The van der Waals surface area contributed by atoms with Crippen LogP contribution in [0, 0.1) is 11.8 Å². The van der Waals surface area contributed by atoms with Gasteiger partial charge in [0.05, 0.1) is 11.4 Å².